The van der Waals surface area contributed by atoms with Crippen LogP contribution in [0.1, 0.15) is 40.5 Å². The van der Waals surface area contributed by atoms with Crippen molar-refractivity contribution in [2.45, 2.75) is 18.3 Å². The molecule has 0 aliphatic heterocycles. The van der Waals surface area contributed by atoms with Crippen LogP contribution in [0, 0.1) is 0 Å². The van der Waals surface area contributed by atoms with Gasteiger partial charge in [0, 0.05) is 11.8 Å². The molecule has 0 saturated heterocycles. The molecule has 1 unspecified atom stereocenters. The Kier molecular flexibility index (Phi) is 3.24. The molecule has 0 amide bonds. The van der Waals surface area contributed by atoms with Crippen molar-refractivity contribution < 1.29 is 0 Å². The van der Waals surface area contributed by atoms with Crippen LogP contribution in [0.15, 0.2) is 91.5 Å². The van der Waals surface area contributed by atoms with E-state index in [4.69, 9.17) is 0 Å². The number of allylic oxidation sites excluding steroid dienone is 3. The van der Waals surface area contributed by atoms with E-state index in [2.05, 4.69) is 85.5 Å². The Balaban J connectivity index is 1.74. The number of hydrogen-bond donors (Lipinski definition) is 0. The molecule has 0 aromatic heterocycles. The summed E-state index contributed by atoms with van der Waals surface area (Å²) in [5.41, 5.74) is 9.94. The molecule has 5 rings (SSSR count). The maximum Gasteiger partial charge on any atom is 0.0355 e. The molecule has 0 radical (unpaired) electrons. The monoisotopic (exact) mass is 320 g/mol. The first-order chi connectivity index (χ1) is 12.4. The molecule has 0 N–H and O–H groups in total. The van der Waals surface area contributed by atoms with Crippen molar-refractivity contribution in [1.29, 1.82) is 0 Å². The zero-order valence-corrected chi connectivity index (χ0v) is 14.2. The lowest BCUT2D eigenvalue weighted by atomic mass is 9.86. The van der Waals surface area contributed by atoms with Gasteiger partial charge in [-0.25, -0.2) is 0 Å². The lowest BCUT2D eigenvalue weighted by Gasteiger charge is -2.17. The molecular weight excluding hydrogens is 300 g/mol. The second-order valence-electron chi connectivity index (χ2n) is 6.95. The second kappa shape index (κ2) is 5.60. The lowest BCUT2D eigenvalue weighted by molar-refractivity contribution is 0.880. The molecular formula is C25H20. The minimum absolute atomic E-state index is 0.336. The minimum atomic E-state index is 0.336. The zero-order chi connectivity index (χ0) is 16.8. The van der Waals surface area contributed by atoms with Crippen molar-refractivity contribution in [3.05, 3.63) is 114 Å². The molecule has 25 heavy (non-hydrogen) atoms. The summed E-state index contributed by atoms with van der Waals surface area (Å²) in [5.74, 6) is 0.784. The van der Waals surface area contributed by atoms with Crippen molar-refractivity contribution in [3.8, 4) is 11.1 Å². The van der Waals surface area contributed by atoms with Gasteiger partial charge in [0.05, 0.1) is 0 Å². The summed E-state index contributed by atoms with van der Waals surface area (Å²) >= 11 is 0. The molecule has 120 valence electrons. The van der Waals surface area contributed by atoms with Crippen LogP contribution in [0.5, 0.6) is 0 Å². The van der Waals surface area contributed by atoms with Crippen LogP contribution in [0.2, 0.25) is 0 Å². The Bertz CT molecular complexity index is 960. The van der Waals surface area contributed by atoms with E-state index < -0.39 is 0 Å². The Morgan fingerprint density at radius 2 is 1.20 bits per heavy atom. The predicted molar refractivity (Wildman–Crippen MR) is 106 cm³/mol. The van der Waals surface area contributed by atoms with Crippen LogP contribution in [-0.4, -0.2) is 0 Å². The Labute approximate surface area is 149 Å². The lowest BCUT2D eigenvalue weighted by Crippen LogP contribution is -1.99. The highest BCUT2D eigenvalue weighted by Gasteiger charge is 2.35. The van der Waals surface area contributed by atoms with E-state index >= 15 is 0 Å². The topological polar surface area (TPSA) is 0 Å². The number of hydrogen-bond acceptors (Lipinski definition) is 0. The number of rotatable bonds is 3. The molecule has 0 bridgehead atoms. The summed E-state index contributed by atoms with van der Waals surface area (Å²) in [7, 11) is 0. The summed E-state index contributed by atoms with van der Waals surface area (Å²) in [6.07, 6.45) is 5.52. The van der Waals surface area contributed by atoms with Crippen LogP contribution in [0.3, 0.4) is 0 Å². The molecule has 2 aliphatic carbocycles. The fourth-order valence-electron chi connectivity index (χ4n) is 4.60. The largest absolute Gasteiger partial charge is 0.103 e. The standard InChI is InChI=1S/C25H20/c1-2-9-17-16-24(19-11-4-3-10-18(17)19)25-22-14-7-5-12-20(22)21-13-6-8-15-23(21)25/h2-8,10-17,25H,1,9H2. The van der Waals surface area contributed by atoms with Crippen molar-refractivity contribution >= 4 is 5.57 Å². The van der Waals surface area contributed by atoms with Crippen molar-refractivity contribution in [3.63, 3.8) is 0 Å². The quantitative estimate of drug-likeness (QED) is 0.480. The van der Waals surface area contributed by atoms with Gasteiger partial charge < -0.3 is 0 Å². The van der Waals surface area contributed by atoms with Gasteiger partial charge in [-0.2, -0.15) is 0 Å². The van der Waals surface area contributed by atoms with E-state index in [0.717, 1.165) is 6.42 Å². The van der Waals surface area contributed by atoms with Crippen LogP contribution in [0.25, 0.3) is 16.7 Å². The summed E-state index contributed by atoms with van der Waals surface area (Å²) < 4.78 is 0. The van der Waals surface area contributed by atoms with Gasteiger partial charge in [0.25, 0.3) is 0 Å². The molecule has 0 spiro atoms. The molecule has 3 aromatic rings. The summed E-state index contributed by atoms with van der Waals surface area (Å²) in [5, 5.41) is 0. The highest BCUT2D eigenvalue weighted by Crippen LogP contribution is 2.54. The molecule has 1 atom stereocenters. The van der Waals surface area contributed by atoms with Gasteiger partial charge >= 0.3 is 0 Å². The Hall–Kier alpha value is -2.86. The SMILES string of the molecule is C=CCC1C=C(C2c3ccccc3-c3ccccc32)c2ccccc21. The van der Waals surface area contributed by atoms with E-state index in [1.165, 1.54) is 39.0 Å². The van der Waals surface area contributed by atoms with Gasteiger partial charge in [-0.05, 0) is 45.4 Å². The predicted octanol–water partition coefficient (Wildman–Crippen LogP) is 6.56. The molecule has 0 heterocycles. The summed E-state index contributed by atoms with van der Waals surface area (Å²) in [6.45, 7) is 3.96. The summed E-state index contributed by atoms with van der Waals surface area (Å²) in [6, 6.07) is 26.6. The fourth-order valence-corrected chi connectivity index (χ4v) is 4.60. The van der Waals surface area contributed by atoms with Crippen molar-refractivity contribution in [2.24, 2.45) is 0 Å². The van der Waals surface area contributed by atoms with Crippen LogP contribution < -0.4 is 0 Å². The first kappa shape index (κ1) is 14.5. The van der Waals surface area contributed by atoms with Crippen LogP contribution in [-0.2, 0) is 0 Å². The third-order valence-corrected chi connectivity index (χ3v) is 5.62. The average Bonchev–Trinajstić information content (AvgIpc) is 3.18. The fraction of sp³-hybridized carbons (Fsp3) is 0.120. The molecule has 3 aromatic carbocycles. The van der Waals surface area contributed by atoms with E-state index in [1.54, 1.807) is 0 Å². The molecule has 0 heteroatoms. The first-order valence-corrected chi connectivity index (χ1v) is 8.98. The Morgan fingerprint density at radius 1 is 0.680 bits per heavy atom. The van der Waals surface area contributed by atoms with Gasteiger partial charge in [0.15, 0.2) is 0 Å². The third-order valence-electron chi connectivity index (χ3n) is 5.62. The zero-order valence-electron chi connectivity index (χ0n) is 14.2. The summed E-state index contributed by atoms with van der Waals surface area (Å²) in [4.78, 5) is 0. The highest BCUT2D eigenvalue weighted by molar-refractivity contribution is 5.91. The smallest absolute Gasteiger partial charge is 0.0355 e. The van der Waals surface area contributed by atoms with Gasteiger partial charge in [0.1, 0.15) is 0 Å². The maximum absolute atomic E-state index is 3.96. The van der Waals surface area contributed by atoms with Crippen LogP contribution in [0.4, 0.5) is 0 Å². The minimum Gasteiger partial charge on any atom is -0.103 e. The van der Waals surface area contributed by atoms with E-state index in [0.29, 0.717) is 11.8 Å². The third kappa shape index (κ3) is 2.07. The highest BCUT2D eigenvalue weighted by atomic mass is 14.4. The molecule has 0 nitrogen and oxygen atoms in total. The van der Waals surface area contributed by atoms with Gasteiger partial charge in [-0.15, -0.1) is 6.58 Å². The van der Waals surface area contributed by atoms with Gasteiger partial charge in [-0.1, -0.05) is 84.9 Å². The van der Waals surface area contributed by atoms with E-state index in [-0.39, 0.29) is 0 Å². The Morgan fingerprint density at radius 3 is 1.80 bits per heavy atom. The van der Waals surface area contributed by atoms with E-state index in [9.17, 15) is 0 Å². The normalized spacial score (nSPS) is 17.6. The van der Waals surface area contributed by atoms with Gasteiger partial charge in [-0.3, -0.25) is 0 Å². The van der Waals surface area contributed by atoms with Crippen molar-refractivity contribution in [2.75, 3.05) is 0 Å². The maximum atomic E-state index is 3.96. The van der Waals surface area contributed by atoms with E-state index in [1.807, 2.05) is 6.08 Å². The van der Waals surface area contributed by atoms with Gasteiger partial charge in [0.2, 0.25) is 0 Å². The first-order valence-electron chi connectivity index (χ1n) is 8.98. The molecule has 0 fully saturated rings. The second-order valence-corrected chi connectivity index (χ2v) is 6.95. The van der Waals surface area contributed by atoms with Crippen molar-refractivity contribution in [1.82, 2.24) is 0 Å². The number of fused-ring (bicyclic) bond motifs is 4. The molecule has 2 aliphatic rings. The number of benzene rings is 3. The van der Waals surface area contributed by atoms with Crippen LogP contribution >= 0.6 is 0 Å². The average molecular weight is 320 g/mol. The molecule has 0 saturated carbocycles.